The summed E-state index contributed by atoms with van der Waals surface area (Å²) in [6, 6.07) is 11.0. The molecule has 0 radical (unpaired) electrons. The lowest BCUT2D eigenvalue weighted by atomic mass is 9.91. The molecule has 1 fully saturated rings. The van der Waals surface area contributed by atoms with Crippen molar-refractivity contribution in [1.82, 2.24) is 10.6 Å². The van der Waals surface area contributed by atoms with Crippen molar-refractivity contribution >= 4 is 17.2 Å². The molecule has 4 heteroatoms. The number of hydrogen-bond donors (Lipinski definition) is 2. The number of carbonyl (C=O) groups excluding carboxylic acids is 1. The summed E-state index contributed by atoms with van der Waals surface area (Å²) < 4.78 is 0. The average Bonchev–Trinajstić information content (AvgIpc) is 3.00. The van der Waals surface area contributed by atoms with Crippen LogP contribution in [0.3, 0.4) is 0 Å². The van der Waals surface area contributed by atoms with E-state index in [0.29, 0.717) is 6.04 Å². The fourth-order valence-corrected chi connectivity index (χ4v) is 4.58. The molecule has 2 N–H and O–H groups in total. The Balaban J connectivity index is 1.57. The van der Waals surface area contributed by atoms with Gasteiger partial charge in [-0.25, -0.2) is 0 Å². The number of rotatable bonds is 2. The Bertz CT molecular complexity index is 701. The Morgan fingerprint density at radius 1 is 1.14 bits per heavy atom. The van der Waals surface area contributed by atoms with Gasteiger partial charge < -0.3 is 10.6 Å². The van der Waals surface area contributed by atoms with Gasteiger partial charge in [0.15, 0.2) is 0 Å². The second kappa shape index (κ2) is 5.86. The predicted octanol–water partition coefficient (Wildman–Crippen LogP) is 3.00. The van der Waals surface area contributed by atoms with Gasteiger partial charge in [-0.3, -0.25) is 4.79 Å². The molecular formula is C18H20N2OS. The van der Waals surface area contributed by atoms with Crippen molar-refractivity contribution in [3.05, 3.63) is 46.3 Å². The molecule has 1 saturated heterocycles. The summed E-state index contributed by atoms with van der Waals surface area (Å²) in [5.74, 6) is 0.101. The second-order valence-electron chi connectivity index (χ2n) is 6.12. The first kappa shape index (κ1) is 14.0. The van der Waals surface area contributed by atoms with Gasteiger partial charge in [0.05, 0.1) is 4.88 Å². The van der Waals surface area contributed by atoms with Gasteiger partial charge in [0.1, 0.15) is 0 Å². The quantitative estimate of drug-likeness (QED) is 0.895. The lowest BCUT2D eigenvalue weighted by molar-refractivity contribution is 0.0933. The number of benzene rings is 1. The highest BCUT2D eigenvalue weighted by Crippen LogP contribution is 2.39. The molecule has 2 heterocycles. The van der Waals surface area contributed by atoms with Crippen LogP contribution in [0.25, 0.3) is 10.4 Å². The molecule has 1 aliphatic carbocycles. The van der Waals surface area contributed by atoms with E-state index in [9.17, 15) is 4.79 Å². The summed E-state index contributed by atoms with van der Waals surface area (Å²) in [7, 11) is 0. The summed E-state index contributed by atoms with van der Waals surface area (Å²) in [4.78, 5) is 14.7. The highest BCUT2D eigenvalue weighted by Gasteiger charge is 2.23. The normalized spacial score (nSPS) is 17.6. The minimum absolute atomic E-state index is 0.101. The van der Waals surface area contributed by atoms with Crippen molar-refractivity contribution in [3.63, 3.8) is 0 Å². The molecule has 22 heavy (non-hydrogen) atoms. The molecule has 1 aromatic carbocycles. The lowest BCUT2D eigenvalue weighted by Gasteiger charge is -2.23. The number of nitrogens with one attached hydrogen (secondary N) is 2. The SMILES string of the molecule is O=C(NC1CCNCC1)c1cc2c(s1)-c1ccccc1CC2. The van der Waals surface area contributed by atoms with Gasteiger partial charge >= 0.3 is 0 Å². The standard InChI is InChI=1S/C18H20N2OS/c21-18(20-14-7-9-19-10-8-14)16-11-13-6-5-12-3-1-2-4-15(12)17(13)22-16/h1-4,11,14,19H,5-10H2,(H,20,21). The number of thiophene rings is 1. The molecule has 1 amide bonds. The van der Waals surface area contributed by atoms with Crippen molar-refractivity contribution in [1.29, 1.82) is 0 Å². The molecular weight excluding hydrogens is 292 g/mol. The van der Waals surface area contributed by atoms with Crippen LogP contribution in [0.1, 0.15) is 33.6 Å². The number of carbonyl (C=O) groups is 1. The molecule has 3 nitrogen and oxygen atoms in total. The van der Waals surface area contributed by atoms with Gasteiger partial charge in [-0.15, -0.1) is 11.3 Å². The van der Waals surface area contributed by atoms with Gasteiger partial charge in [-0.1, -0.05) is 24.3 Å². The Kier molecular flexibility index (Phi) is 3.72. The number of amides is 1. The molecule has 2 aromatic rings. The van der Waals surface area contributed by atoms with Crippen LogP contribution < -0.4 is 10.6 Å². The maximum atomic E-state index is 12.5. The number of hydrogen-bond acceptors (Lipinski definition) is 3. The lowest BCUT2D eigenvalue weighted by Crippen LogP contribution is -2.42. The summed E-state index contributed by atoms with van der Waals surface area (Å²) in [6.45, 7) is 2.00. The zero-order chi connectivity index (χ0) is 14.9. The minimum atomic E-state index is 0.101. The molecule has 0 spiro atoms. The summed E-state index contributed by atoms with van der Waals surface area (Å²) in [5, 5.41) is 6.53. The largest absolute Gasteiger partial charge is 0.349 e. The van der Waals surface area contributed by atoms with Crippen molar-refractivity contribution < 1.29 is 4.79 Å². The van der Waals surface area contributed by atoms with Gasteiger partial charge in [-0.2, -0.15) is 0 Å². The Labute approximate surface area is 134 Å². The van der Waals surface area contributed by atoms with E-state index in [1.807, 2.05) is 0 Å². The van der Waals surface area contributed by atoms with Gasteiger partial charge in [0, 0.05) is 10.9 Å². The Morgan fingerprint density at radius 2 is 1.91 bits per heavy atom. The number of piperidine rings is 1. The highest BCUT2D eigenvalue weighted by molar-refractivity contribution is 7.17. The van der Waals surface area contributed by atoms with Gasteiger partial charge in [-0.05, 0) is 61.5 Å². The first-order chi connectivity index (χ1) is 10.8. The average molecular weight is 312 g/mol. The molecule has 0 atom stereocenters. The van der Waals surface area contributed by atoms with Crippen LogP contribution in [-0.2, 0) is 12.8 Å². The highest BCUT2D eigenvalue weighted by atomic mass is 32.1. The minimum Gasteiger partial charge on any atom is -0.349 e. The van der Waals surface area contributed by atoms with E-state index < -0.39 is 0 Å². The number of aryl methyl sites for hydroxylation is 2. The van der Waals surface area contributed by atoms with Crippen molar-refractivity contribution in [2.75, 3.05) is 13.1 Å². The first-order valence-corrected chi connectivity index (χ1v) is 8.85. The second-order valence-corrected chi connectivity index (χ2v) is 7.17. The summed E-state index contributed by atoms with van der Waals surface area (Å²) >= 11 is 1.65. The Morgan fingerprint density at radius 3 is 2.77 bits per heavy atom. The van der Waals surface area contributed by atoms with Crippen LogP contribution in [0, 0.1) is 0 Å². The van der Waals surface area contributed by atoms with E-state index in [-0.39, 0.29) is 5.91 Å². The monoisotopic (exact) mass is 312 g/mol. The van der Waals surface area contributed by atoms with E-state index >= 15 is 0 Å². The first-order valence-electron chi connectivity index (χ1n) is 8.04. The molecule has 0 bridgehead atoms. The van der Waals surface area contributed by atoms with Crippen molar-refractivity contribution in [2.45, 2.75) is 31.7 Å². The number of fused-ring (bicyclic) bond motifs is 3. The third-order valence-electron chi connectivity index (χ3n) is 4.63. The van der Waals surface area contributed by atoms with E-state index in [4.69, 9.17) is 0 Å². The van der Waals surface area contributed by atoms with Crippen molar-refractivity contribution in [2.24, 2.45) is 0 Å². The van der Waals surface area contributed by atoms with Crippen molar-refractivity contribution in [3.8, 4) is 10.4 Å². The maximum Gasteiger partial charge on any atom is 0.261 e. The molecule has 4 rings (SSSR count). The predicted molar refractivity (Wildman–Crippen MR) is 90.5 cm³/mol. The van der Waals surface area contributed by atoms with Crippen LogP contribution in [-0.4, -0.2) is 25.0 Å². The zero-order valence-corrected chi connectivity index (χ0v) is 13.3. The summed E-state index contributed by atoms with van der Waals surface area (Å²) in [5.41, 5.74) is 4.05. The topological polar surface area (TPSA) is 41.1 Å². The third-order valence-corrected chi connectivity index (χ3v) is 5.84. The molecule has 1 aliphatic heterocycles. The van der Waals surface area contributed by atoms with E-state index in [1.165, 1.54) is 21.6 Å². The van der Waals surface area contributed by atoms with Gasteiger partial charge in [0.25, 0.3) is 5.91 Å². The fraction of sp³-hybridized carbons (Fsp3) is 0.389. The maximum absolute atomic E-state index is 12.5. The third kappa shape index (κ3) is 2.57. The molecule has 0 saturated carbocycles. The van der Waals surface area contributed by atoms with Crippen LogP contribution in [0.4, 0.5) is 0 Å². The zero-order valence-electron chi connectivity index (χ0n) is 12.5. The molecule has 0 unspecified atom stereocenters. The van der Waals surface area contributed by atoms with E-state index in [1.54, 1.807) is 11.3 Å². The van der Waals surface area contributed by atoms with E-state index in [2.05, 4.69) is 41.0 Å². The molecule has 2 aliphatic rings. The summed E-state index contributed by atoms with van der Waals surface area (Å²) in [6.07, 6.45) is 4.18. The van der Waals surface area contributed by atoms with Crippen LogP contribution in [0.2, 0.25) is 0 Å². The Hall–Kier alpha value is -1.65. The van der Waals surface area contributed by atoms with Crippen LogP contribution in [0.5, 0.6) is 0 Å². The smallest absolute Gasteiger partial charge is 0.261 e. The van der Waals surface area contributed by atoms with Crippen LogP contribution >= 0.6 is 11.3 Å². The van der Waals surface area contributed by atoms with E-state index in [0.717, 1.165) is 43.6 Å². The fourth-order valence-electron chi connectivity index (χ4n) is 3.41. The van der Waals surface area contributed by atoms with Crippen LogP contribution in [0.15, 0.2) is 30.3 Å². The molecule has 1 aromatic heterocycles. The molecule has 114 valence electrons. The van der Waals surface area contributed by atoms with Gasteiger partial charge in [0.2, 0.25) is 0 Å².